The van der Waals surface area contributed by atoms with Crippen LogP contribution >= 0.6 is 23.1 Å². The number of anilines is 1. The van der Waals surface area contributed by atoms with Gasteiger partial charge in [0, 0.05) is 5.56 Å². The molecule has 2 aromatic heterocycles. The van der Waals surface area contributed by atoms with E-state index in [0.717, 1.165) is 22.6 Å². The van der Waals surface area contributed by atoms with Gasteiger partial charge in [-0.1, -0.05) is 42.1 Å². The van der Waals surface area contributed by atoms with Crippen molar-refractivity contribution in [3.05, 3.63) is 58.7 Å². The van der Waals surface area contributed by atoms with Gasteiger partial charge >= 0.3 is 11.9 Å². The van der Waals surface area contributed by atoms with Gasteiger partial charge in [0.05, 0.1) is 31.2 Å². The number of ether oxygens (including phenoxy) is 2. The summed E-state index contributed by atoms with van der Waals surface area (Å²) in [6.45, 7) is 1.60. The van der Waals surface area contributed by atoms with Crippen molar-refractivity contribution in [3.63, 3.8) is 0 Å². The van der Waals surface area contributed by atoms with Crippen LogP contribution in [0, 0.1) is 6.92 Å². The summed E-state index contributed by atoms with van der Waals surface area (Å²) in [5.41, 5.74) is 2.24. The number of thiophene rings is 1. The fraction of sp³-hybridized carbons (Fsp3) is 0.190. The lowest BCUT2D eigenvalue weighted by molar-refractivity contribution is -0.113. The number of amides is 1. The number of carbonyl (C=O) groups is 3. The quantitative estimate of drug-likeness (QED) is 0.324. The average Bonchev–Trinajstić information content (AvgIpc) is 3.13. The van der Waals surface area contributed by atoms with Gasteiger partial charge in [0.1, 0.15) is 21.2 Å². The van der Waals surface area contributed by atoms with Crippen LogP contribution in [-0.4, -0.2) is 47.8 Å². The van der Waals surface area contributed by atoms with E-state index in [-0.39, 0.29) is 27.1 Å². The van der Waals surface area contributed by atoms with Crippen LogP contribution in [0.2, 0.25) is 0 Å². The van der Waals surface area contributed by atoms with Crippen molar-refractivity contribution in [1.29, 1.82) is 0 Å². The van der Waals surface area contributed by atoms with Crippen LogP contribution in [-0.2, 0) is 14.3 Å². The second-order valence-electron chi connectivity index (χ2n) is 6.19. The number of rotatable bonds is 7. The normalized spacial score (nSPS) is 10.4. The molecule has 0 spiro atoms. The Morgan fingerprint density at radius 3 is 2.45 bits per heavy atom. The van der Waals surface area contributed by atoms with Gasteiger partial charge in [-0.2, -0.15) is 0 Å². The Balaban J connectivity index is 1.73. The Labute approximate surface area is 187 Å². The summed E-state index contributed by atoms with van der Waals surface area (Å²) in [5.74, 6) is -1.53. The third kappa shape index (κ3) is 5.28. The molecular weight excluding hydrogens is 438 g/mol. The SMILES string of the molecule is COC(=O)c1sc(NC(=O)CSc2cc(-c3ccccc3)ncn2)c(C(=O)OC)c1C. The highest BCUT2D eigenvalue weighted by Crippen LogP contribution is 2.34. The van der Waals surface area contributed by atoms with Crippen LogP contribution in [0.3, 0.4) is 0 Å². The summed E-state index contributed by atoms with van der Waals surface area (Å²) in [7, 11) is 2.48. The van der Waals surface area contributed by atoms with E-state index < -0.39 is 11.9 Å². The van der Waals surface area contributed by atoms with Crippen molar-refractivity contribution < 1.29 is 23.9 Å². The zero-order valence-corrected chi connectivity index (χ0v) is 18.6. The number of thioether (sulfide) groups is 1. The zero-order valence-electron chi connectivity index (χ0n) is 17.0. The number of hydrogen-bond acceptors (Lipinski definition) is 9. The molecule has 1 aromatic carbocycles. The number of nitrogens with one attached hydrogen (secondary N) is 1. The molecule has 0 aliphatic rings. The van der Waals surface area contributed by atoms with Gasteiger partial charge < -0.3 is 14.8 Å². The lowest BCUT2D eigenvalue weighted by atomic mass is 10.1. The molecule has 0 radical (unpaired) electrons. The number of aromatic nitrogens is 2. The van der Waals surface area contributed by atoms with Crippen LogP contribution in [0.1, 0.15) is 25.6 Å². The maximum Gasteiger partial charge on any atom is 0.348 e. The Kier molecular flexibility index (Phi) is 7.37. The minimum atomic E-state index is -0.643. The molecule has 0 aliphatic carbocycles. The van der Waals surface area contributed by atoms with Crippen molar-refractivity contribution in [3.8, 4) is 11.3 Å². The van der Waals surface area contributed by atoms with E-state index in [1.165, 1.54) is 32.3 Å². The van der Waals surface area contributed by atoms with E-state index in [1.54, 1.807) is 13.0 Å². The number of nitrogens with zero attached hydrogens (tertiary/aromatic N) is 2. The van der Waals surface area contributed by atoms with E-state index in [9.17, 15) is 14.4 Å². The molecule has 8 nitrogen and oxygen atoms in total. The predicted octanol–water partition coefficient (Wildman–Crippen LogP) is 3.82. The van der Waals surface area contributed by atoms with Gasteiger partial charge in [0.15, 0.2) is 0 Å². The Morgan fingerprint density at radius 1 is 1.06 bits per heavy atom. The third-order valence-electron chi connectivity index (χ3n) is 4.22. The summed E-state index contributed by atoms with van der Waals surface area (Å²) in [6, 6.07) is 11.4. The molecule has 0 atom stereocenters. The van der Waals surface area contributed by atoms with Gasteiger partial charge in [-0.3, -0.25) is 4.79 Å². The minimum absolute atomic E-state index is 0.0519. The van der Waals surface area contributed by atoms with Crippen LogP contribution in [0.4, 0.5) is 5.00 Å². The summed E-state index contributed by atoms with van der Waals surface area (Å²) >= 11 is 2.20. The maximum atomic E-state index is 12.5. The molecule has 2 heterocycles. The molecule has 3 rings (SSSR count). The second-order valence-corrected chi connectivity index (χ2v) is 8.20. The number of methoxy groups -OCH3 is 2. The number of benzene rings is 1. The molecule has 160 valence electrons. The van der Waals surface area contributed by atoms with E-state index >= 15 is 0 Å². The van der Waals surface area contributed by atoms with Crippen molar-refractivity contribution in [2.24, 2.45) is 0 Å². The minimum Gasteiger partial charge on any atom is -0.465 e. The zero-order chi connectivity index (χ0) is 22.4. The van der Waals surface area contributed by atoms with E-state index in [1.807, 2.05) is 30.3 Å². The van der Waals surface area contributed by atoms with Gasteiger partial charge in [-0.15, -0.1) is 11.3 Å². The summed E-state index contributed by atoms with van der Waals surface area (Å²) < 4.78 is 9.54. The van der Waals surface area contributed by atoms with Crippen molar-refractivity contribution in [1.82, 2.24) is 9.97 Å². The van der Waals surface area contributed by atoms with Crippen molar-refractivity contribution >= 4 is 45.9 Å². The molecule has 1 amide bonds. The highest BCUT2D eigenvalue weighted by molar-refractivity contribution is 7.99. The predicted molar refractivity (Wildman–Crippen MR) is 119 cm³/mol. The number of hydrogen-bond donors (Lipinski definition) is 1. The topological polar surface area (TPSA) is 107 Å². The van der Waals surface area contributed by atoms with E-state index in [4.69, 9.17) is 9.47 Å². The molecule has 31 heavy (non-hydrogen) atoms. The van der Waals surface area contributed by atoms with Crippen molar-refractivity contribution in [2.75, 3.05) is 25.3 Å². The average molecular weight is 458 g/mol. The van der Waals surface area contributed by atoms with Crippen LogP contribution in [0.5, 0.6) is 0 Å². The Hall–Kier alpha value is -3.24. The molecule has 0 saturated carbocycles. The highest BCUT2D eigenvalue weighted by atomic mass is 32.2. The molecule has 1 N–H and O–H groups in total. The fourth-order valence-electron chi connectivity index (χ4n) is 2.72. The molecule has 10 heteroatoms. The molecular formula is C21H19N3O5S2. The molecule has 0 unspecified atom stereocenters. The van der Waals surface area contributed by atoms with Crippen LogP contribution in [0.25, 0.3) is 11.3 Å². The first-order chi connectivity index (χ1) is 14.9. The smallest absolute Gasteiger partial charge is 0.348 e. The van der Waals surface area contributed by atoms with E-state index in [0.29, 0.717) is 10.6 Å². The van der Waals surface area contributed by atoms with Gasteiger partial charge in [-0.05, 0) is 18.6 Å². The standard InChI is InChI=1S/C21H19N3O5S2/c1-12-17(20(26)28-2)19(31-18(12)21(27)29-3)24-15(25)10-30-16-9-14(22-11-23-16)13-7-5-4-6-8-13/h4-9,11H,10H2,1-3H3,(H,24,25). The fourth-order valence-corrected chi connectivity index (χ4v) is 4.52. The van der Waals surface area contributed by atoms with Gasteiger partial charge in [0.25, 0.3) is 0 Å². The monoisotopic (exact) mass is 457 g/mol. The largest absolute Gasteiger partial charge is 0.465 e. The van der Waals surface area contributed by atoms with E-state index in [2.05, 4.69) is 15.3 Å². The van der Waals surface area contributed by atoms with Crippen LogP contribution < -0.4 is 5.32 Å². The van der Waals surface area contributed by atoms with Gasteiger partial charge in [0.2, 0.25) is 5.91 Å². The van der Waals surface area contributed by atoms with Crippen LogP contribution in [0.15, 0.2) is 47.8 Å². The second kappa shape index (κ2) is 10.2. The lowest BCUT2D eigenvalue weighted by Gasteiger charge is -2.06. The number of carbonyl (C=O) groups excluding carboxylic acids is 3. The maximum absolute atomic E-state index is 12.5. The molecule has 0 aliphatic heterocycles. The molecule has 0 bridgehead atoms. The molecule has 0 fully saturated rings. The first kappa shape index (κ1) is 22.4. The summed E-state index contributed by atoms with van der Waals surface area (Å²) in [4.78, 5) is 45.3. The van der Waals surface area contributed by atoms with Gasteiger partial charge in [-0.25, -0.2) is 19.6 Å². The molecule has 0 saturated heterocycles. The number of esters is 2. The first-order valence-electron chi connectivity index (χ1n) is 9.04. The van der Waals surface area contributed by atoms with Crippen molar-refractivity contribution in [2.45, 2.75) is 11.9 Å². The summed E-state index contributed by atoms with van der Waals surface area (Å²) in [6.07, 6.45) is 1.45. The molecule has 3 aromatic rings. The lowest BCUT2D eigenvalue weighted by Crippen LogP contribution is -2.16. The highest BCUT2D eigenvalue weighted by Gasteiger charge is 2.26. The summed E-state index contributed by atoms with van der Waals surface area (Å²) in [5, 5.41) is 3.56. The Morgan fingerprint density at radius 2 is 1.77 bits per heavy atom. The Bertz CT molecular complexity index is 1120. The first-order valence-corrected chi connectivity index (χ1v) is 10.8. The third-order valence-corrected chi connectivity index (χ3v) is 6.34.